The molecule has 2 aromatic carbocycles. The molecule has 0 fully saturated rings. The molecule has 0 saturated carbocycles. The predicted molar refractivity (Wildman–Crippen MR) is 80.3 cm³/mol. The van der Waals surface area contributed by atoms with Crippen LogP contribution >= 0.6 is 11.7 Å². The first-order valence-electron chi connectivity index (χ1n) is 4.91. The van der Waals surface area contributed by atoms with E-state index in [1.54, 1.807) is 0 Å². The van der Waals surface area contributed by atoms with Crippen LogP contribution in [-0.4, -0.2) is 14.1 Å². The maximum Gasteiger partial charge on any atom is 0.0441 e. The highest BCUT2D eigenvalue weighted by Crippen LogP contribution is 2.30. The Morgan fingerprint density at radius 2 is 1.69 bits per heavy atom. The third-order valence-electron chi connectivity index (χ3n) is 2.53. The highest BCUT2D eigenvalue weighted by atomic mass is 33.3. The van der Waals surface area contributed by atoms with Crippen molar-refractivity contribution in [1.82, 2.24) is 0 Å². The van der Waals surface area contributed by atoms with E-state index in [4.69, 9.17) is 11.2 Å². The lowest BCUT2D eigenvalue weighted by atomic mass is 10.1. The molecule has 2 aromatic rings. The SMILES string of the molecule is CN(C)c1cccc2c(S(=S)S)cccc12. The van der Waals surface area contributed by atoms with Gasteiger partial charge in [0.05, 0.1) is 0 Å². The lowest BCUT2D eigenvalue weighted by molar-refractivity contribution is 1.14. The smallest absolute Gasteiger partial charge is 0.0441 e. The van der Waals surface area contributed by atoms with Crippen LogP contribution in [0.25, 0.3) is 10.8 Å². The summed E-state index contributed by atoms with van der Waals surface area (Å²) >= 11 is 9.64. The Morgan fingerprint density at radius 1 is 1.06 bits per heavy atom. The van der Waals surface area contributed by atoms with Gasteiger partial charge in [0.25, 0.3) is 0 Å². The Bertz CT molecular complexity index is 549. The zero-order valence-corrected chi connectivity index (χ0v) is 11.7. The first-order valence-corrected chi connectivity index (χ1v) is 8.11. The number of thiol groups is 1. The monoisotopic (exact) mass is 267 g/mol. The van der Waals surface area contributed by atoms with Crippen LogP contribution in [0.2, 0.25) is 0 Å². The largest absolute Gasteiger partial charge is 0.377 e. The van der Waals surface area contributed by atoms with Crippen molar-refractivity contribution in [3.05, 3.63) is 36.4 Å². The fourth-order valence-electron chi connectivity index (χ4n) is 1.81. The normalized spacial score (nSPS) is 12.7. The van der Waals surface area contributed by atoms with Crippen LogP contribution in [0.3, 0.4) is 0 Å². The molecule has 0 aromatic heterocycles. The third kappa shape index (κ3) is 2.10. The van der Waals surface area contributed by atoms with Crippen molar-refractivity contribution in [2.24, 2.45) is 0 Å². The minimum Gasteiger partial charge on any atom is -0.377 e. The van der Waals surface area contributed by atoms with E-state index in [1.807, 2.05) is 6.07 Å². The Hall–Kier alpha value is -0.580. The van der Waals surface area contributed by atoms with E-state index in [0.29, 0.717) is 0 Å². The van der Waals surface area contributed by atoms with E-state index < -0.39 is 8.49 Å². The van der Waals surface area contributed by atoms with E-state index in [0.717, 1.165) is 4.90 Å². The van der Waals surface area contributed by atoms with Crippen molar-refractivity contribution in [2.45, 2.75) is 4.90 Å². The summed E-state index contributed by atoms with van der Waals surface area (Å²) in [6.45, 7) is 0. The molecule has 84 valence electrons. The number of rotatable bonds is 2. The average molecular weight is 267 g/mol. The molecule has 1 unspecified atom stereocenters. The molecule has 0 bridgehead atoms. The van der Waals surface area contributed by atoms with Crippen molar-refractivity contribution >= 4 is 47.8 Å². The molecule has 4 heteroatoms. The van der Waals surface area contributed by atoms with E-state index in [-0.39, 0.29) is 0 Å². The van der Waals surface area contributed by atoms with Gasteiger partial charge in [-0.2, -0.15) is 0 Å². The Morgan fingerprint density at radius 3 is 2.31 bits per heavy atom. The highest BCUT2D eigenvalue weighted by Gasteiger charge is 2.06. The number of fused-ring (bicyclic) bond motifs is 1. The second-order valence-corrected chi connectivity index (χ2v) is 7.55. The number of hydrogen-bond acceptors (Lipinski definition) is 2. The fourth-order valence-corrected chi connectivity index (χ4v) is 3.28. The summed E-state index contributed by atoms with van der Waals surface area (Å²) in [4.78, 5) is 3.26. The van der Waals surface area contributed by atoms with Gasteiger partial charge in [0.2, 0.25) is 0 Å². The number of nitrogens with zero attached hydrogens (tertiary/aromatic N) is 1. The van der Waals surface area contributed by atoms with E-state index in [9.17, 15) is 0 Å². The first kappa shape index (κ1) is 11.9. The molecular formula is C12H13NS3. The minimum atomic E-state index is -0.416. The summed E-state index contributed by atoms with van der Waals surface area (Å²) in [5.74, 6) is 0. The predicted octanol–water partition coefficient (Wildman–Crippen LogP) is 3.19. The van der Waals surface area contributed by atoms with Crippen molar-refractivity contribution in [1.29, 1.82) is 0 Å². The molecule has 0 amide bonds. The van der Waals surface area contributed by atoms with Gasteiger partial charge in [0.15, 0.2) is 0 Å². The molecule has 0 aliphatic rings. The van der Waals surface area contributed by atoms with E-state index in [1.165, 1.54) is 16.5 Å². The van der Waals surface area contributed by atoms with Crippen LogP contribution in [0.4, 0.5) is 5.69 Å². The molecule has 0 heterocycles. The molecule has 0 radical (unpaired) electrons. The molecular weight excluding hydrogens is 254 g/mol. The van der Waals surface area contributed by atoms with Crippen molar-refractivity contribution in [3.63, 3.8) is 0 Å². The van der Waals surface area contributed by atoms with Crippen molar-refractivity contribution in [2.75, 3.05) is 19.0 Å². The highest BCUT2D eigenvalue weighted by molar-refractivity contribution is 8.76. The molecule has 1 atom stereocenters. The zero-order valence-electron chi connectivity index (χ0n) is 9.18. The number of benzene rings is 2. The van der Waals surface area contributed by atoms with Crippen molar-refractivity contribution < 1.29 is 0 Å². The Labute approximate surface area is 108 Å². The summed E-state index contributed by atoms with van der Waals surface area (Å²) < 4.78 is 0. The quantitative estimate of drug-likeness (QED) is 0.657. The van der Waals surface area contributed by atoms with Gasteiger partial charge in [-0.05, 0) is 37.2 Å². The molecule has 0 aliphatic heterocycles. The maximum absolute atomic E-state index is 5.26. The molecule has 0 saturated heterocycles. The van der Waals surface area contributed by atoms with Crippen LogP contribution < -0.4 is 4.90 Å². The number of anilines is 1. The molecule has 0 spiro atoms. The van der Waals surface area contributed by atoms with Crippen molar-refractivity contribution in [3.8, 4) is 0 Å². The topological polar surface area (TPSA) is 3.24 Å². The molecule has 0 N–H and O–H groups in total. The van der Waals surface area contributed by atoms with Gasteiger partial charge in [0.1, 0.15) is 0 Å². The van der Waals surface area contributed by atoms with Crippen LogP contribution in [0, 0.1) is 0 Å². The molecule has 16 heavy (non-hydrogen) atoms. The summed E-state index contributed by atoms with van der Waals surface area (Å²) in [5.41, 5.74) is 1.22. The van der Waals surface area contributed by atoms with E-state index in [2.05, 4.69) is 61.0 Å². The van der Waals surface area contributed by atoms with Gasteiger partial charge in [-0.3, -0.25) is 0 Å². The van der Waals surface area contributed by atoms with E-state index >= 15 is 0 Å². The standard InChI is InChI=1S/C12H13NS3/c1-13(2)11-7-3-6-10-9(11)5-4-8-12(10)16(14)15/h3-8H,1-2H3,(H,14,15). The molecule has 1 nitrogen and oxygen atoms in total. The summed E-state index contributed by atoms with van der Waals surface area (Å²) in [5, 5.41) is 2.45. The van der Waals surface area contributed by atoms with Gasteiger partial charge >= 0.3 is 0 Å². The Kier molecular flexibility index (Phi) is 3.52. The molecule has 0 aliphatic carbocycles. The lowest BCUT2D eigenvalue weighted by Crippen LogP contribution is -2.08. The summed E-state index contributed by atoms with van der Waals surface area (Å²) in [6, 6.07) is 12.5. The van der Waals surface area contributed by atoms with Gasteiger partial charge < -0.3 is 4.90 Å². The van der Waals surface area contributed by atoms with Crippen LogP contribution in [0.1, 0.15) is 0 Å². The average Bonchev–Trinajstić information content (AvgIpc) is 2.27. The zero-order chi connectivity index (χ0) is 11.7. The minimum absolute atomic E-state index is 0.416. The lowest BCUT2D eigenvalue weighted by Gasteiger charge is -2.16. The summed E-state index contributed by atoms with van der Waals surface area (Å²) in [7, 11) is 3.69. The third-order valence-corrected chi connectivity index (χ3v) is 4.39. The number of hydrogen-bond donors (Lipinski definition) is 1. The van der Waals surface area contributed by atoms with Gasteiger partial charge in [0, 0.05) is 30.1 Å². The van der Waals surface area contributed by atoms with Crippen LogP contribution in [0.15, 0.2) is 41.3 Å². The summed E-state index contributed by atoms with van der Waals surface area (Å²) in [6.07, 6.45) is 0. The van der Waals surface area contributed by atoms with Gasteiger partial charge in [-0.15, -0.1) is 11.7 Å². The van der Waals surface area contributed by atoms with Gasteiger partial charge in [-0.1, -0.05) is 24.3 Å². The second-order valence-electron chi connectivity index (χ2n) is 3.77. The van der Waals surface area contributed by atoms with Crippen LogP contribution in [0.5, 0.6) is 0 Å². The Balaban J connectivity index is 2.81. The maximum atomic E-state index is 5.26. The fraction of sp³-hybridized carbons (Fsp3) is 0.167. The van der Waals surface area contributed by atoms with Crippen LogP contribution in [-0.2, 0) is 19.7 Å². The molecule has 2 rings (SSSR count). The first-order chi connectivity index (χ1) is 7.61. The second kappa shape index (κ2) is 4.73. The van der Waals surface area contributed by atoms with Gasteiger partial charge in [-0.25, -0.2) is 0 Å².